The van der Waals surface area contributed by atoms with E-state index in [0.29, 0.717) is 19.8 Å². The van der Waals surface area contributed by atoms with E-state index in [2.05, 4.69) is 5.32 Å². The molecule has 0 radical (unpaired) electrons. The van der Waals surface area contributed by atoms with E-state index in [1.54, 1.807) is 0 Å². The molecule has 0 bridgehead atoms. The van der Waals surface area contributed by atoms with Gasteiger partial charge >= 0.3 is 0 Å². The molecule has 2 N–H and O–H groups in total. The fraction of sp³-hybridized carbons (Fsp3) is 0.500. The van der Waals surface area contributed by atoms with Crippen molar-refractivity contribution >= 4 is 0 Å². The van der Waals surface area contributed by atoms with Gasteiger partial charge in [0.05, 0.1) is 19.8 Å². The average Bonchev–Trinajstić information content (AvgIpc) is 2.30. The molecule has 0 heterocycles. The maximum atomic E-state index is 8.51. The number of aliphatic hydroxyl groups excluding tert-OH is 1. The van der Waals surface area contributed by atoms with E-state index in [1.165, 1.54) is 5.56 Å². The van der Waals surface area contributed by atoms with Crippen molar-refractivity contribution in [3.8, 4) is 5.75 Å². The Hall–Kier alpha value is -1.10. The number of rotatable bonds is 8. The number of benzene rings is 1. The molecule has 0 saturated carbocycles. The molecule has 90 valence electrons. The molecule has 0 spiro atoms. The van der Waals surface area contributed by atoms with Gasteiger partial charge in [0, 0.05) is 6.54 Å². The van der Waals surface area contributed by atoms with Gasteiger partial charge in [-0.2, -0.15) is 0 Å². The van der Waals surface area contributed by atoms with Gasteiger partial charge in [-0.3, -0.25) is 0 Å². The first kappa shape index (κ1) is 13.0. The first-order valence-corrected chi connectivity index (χ1v) is 5.41. The van der Waals surface area contributed by atoms with Crippen molar-refractivity contribution in [3.63, 3.8) is 0 Å². The van der Waals surface area contributed by atoms with Gasteiger partial charge in [-0.05, 0) is 24.7 Å². The molecule has 4 heteroatoms. The number of nitrogens with one attached hydrogen (secondary N) is 1. The zero-order chi connectivity index (χ0) is 11.6. The fourth-order valence-corrected chi connectivity index (χ4v) is 1.33. The Morgan fingerprint density at radius 1 is 1.25 bits per heavy atom. The summed E-state index contributed by atoms with van der Waals surface area (Å²) in [4.78, 5) is 0. The van der Waals surface area contributed by atoms with Gasteiger partial charge in [-0.15, -0.1) is 0 Å². The lowest BCUT2D eigenvalue weighted by Gasteiger charge is -2.08. The molecule has 0 atom stereocenters. The Balaban J connectivity index is 2.27. The predicted molar refractivity (Wildman–Crippen MR) is 62.6 cm³/mol. The predicted octanol–water partition coefficient (Wildman–Crippen LogP) is 0.794. The maximum absolute atomic E-state index is 8.51. The van der Waals surface area contributed by atoms with Gasteiger partial charge in [0.25, 0.3) is 0 Å². The summed E-state index contributed by atoms with van der Waals surface area (Å²) in [7, 11) is 1.91. The third kappa shape index (κ3) is 5.11. The van der Waals surface area contributed by atoms with Gasteiger partial charge in [0.2, 0.25) is 0 Å². The van der Waals surface area contributed by atoms with Crippen molar-refractivity contribution in [2.75, 3.05) is 33.5 Å². The minimum absolute atomic E-state index is 0.0532. The van der Waals surface area contributed by atoms with Crippen molar-refractivity contribution in [2.45, 2.75) is 6.54 Å². The van der Waals surface area contributed by atoms with Crippen LogP contribution in [0.1, 0.15) is 5.56 Å². The summed E-state index contributed by atoms with van der Waals surface area (Å²) in [6.07, 6.45) is 0. The smallest absolute Gasteiger partial charge is 0.119 e. The van der Waals surface area contributed by atoms with Gasteiger partial charge in [0.1, 0.15) is 12.4 Å². The lowest BCUT2D eigenvalue weighted by Crippen LogP contribution is -2.09. The molecule has 0 aliphatic heterocycles. The molecular weight excluding hydrogens is 206 g/mol. The summed E-state index contributed by atoms with van der Waals surface area (Å²) < 4.78 is 10.6. The van der Waals surface area contributed by atoms with E-state index in [9.17, 15) is 0 Å². The highest BCUT2D eigenvalue weighted by Gasteiger charge is 1.96. The Labute approximate surface area is 96.2 Å². The Kier molecular flexibility index (Phi) is 6.56. The second-order valence-corrected chi connectivity index (χ2v) is 3.36. The Bertz CT molecular complexity index is 291. The highest BCUT2D eigenvalue weighted by atomic mass is 16.5. The first-order valence-electron chi connectivity index (χ1n) is 5.41. The van der Waals surface area contributed by atoms with Crippen molar-refractivity contribution in [2.24, 2.45) is 0 Å². The van der Waals surface area contributed by atoms with Crippen molar-refractivity contribution in [3.05, 3.63) is 29.8 Å². The summed E-state index contributed by atoms with van der Waals surface area (Å²) in [6.45, 7) is 2.25. The van der Waals surface area contributed by atoms with Crippen LogP contribution in [-0.2, 0) is 11.3 Å². The standard InChI is InChI=1S/C12H19NO3/c1-13-10-11-3-2-4-12(9-11)16-8-7-15-6-5-14/h2-4,9,13-14H,5-8,10H2,1H3. The number of hydrogen-bond acceptors (Lipinski definition) is 4. The van der Waals surface area contributed by atoms with Crippen LogP contribution in [0.4, 0.5) is 0 Å². The number of aliphatic hydroxyl groups is 1. The van der Waals surface area contributed by atoms with Crippen LogP contribution in [0, 0.1) is 0 Å². The van der Waals surface area contributed by atoms with Crippen LogP contribution in [0.15, 0.2) is 24.3 Å². The van der Waals surface area contributed by atoms with Crippen LogP contribution < -0.4 is 10.1 Å². The molecule has 1 aromatic carbocycles. The average molecular weight is 225 g/mol. The molecule has 1 rings (SSSR count). The van der Waals surface area contributed by atoms with Crippen LogP contribution in [0.25, 0.3) is 0 Å². The molecule has 0 saturated heterocycles. The Morgan fingerprint density at radius 3 is 2.88 bits per heavy atom. The summed E-state index contributed by atoms with van der Waals surface area (Å²) in [5.41, 5.74) is 1.19. The van der Waals surface area contributed by atoms with Crippen LogP contribution in [0.3, 0.4) is 0 Å². The molecule has 0 aliphatic carbocycles. The SMILES string of the molecule is CNCc1cccc(OCCOCCO)c1. The zero-order valence-electron chi connectivity index (χ0n) is 9.61. The third-order valence-corrected chi connectivity index (χ3v) is 2.01. The number of hydrogen-bond donors (Lipinski definition) is 2. The van der Waals surface area contributed by atoms with E-state index in [1.807, 2.05) is 31.3 Å². The second-order valence-electron chi connectivity index (χ2n) is 3.36. The largest absolute Gasteiger partial charge is 0.491 e. The van der Waals surface area contributed by atoms with E-state index in [0.717, 1.165) is 12.3 Å². The summed E-state index contributed by atoms with van der Waals surface area (Å²) in [5.74, 6) is 0.848. The summed E-state index contributed by atoms with van der Waals surface area (Å²) in [5, 5.41) is 11.6. The highest BCUT2D eigenvalue weighted by molar-refractivity contribution is 5.28. The topological polar surface area (TPSA) is 50.7 Å². The van der Waals surface area contributed by atoms with E-state index in [-0.39, 0.29) is 6.61 Å². The van der Waals surface area contributed by atoms with Crippen molar-refractivity contribution in [1.82, 2.24) is 5.32 Å². The molecule has 4 nitrogen and oxygen atoms in total. The normalized spacial score (nSPS) is 10.4. The van der Waals surface area contributed by atoms with E-state index < -0.39 is 0 Å². The van der Waals surface area contributed by atoms with Gasteiger partial charge < -0.3 is 19.9 Å². The molecule has 0 amide bonds. The van der Waals surface area contributed by atoms with Crippen LogP contribution in [0.2, 0.25) is 0 Å². The van der Waals surface area contributed by atoms with E-state index in [4.69, 9.17) is 14.6 Å². The molecule has 1 aromatic rings. The van der Waals surface area contributed by atoms with Gasteiger partial charge in [-0.1, -0.05) is 12.1 Å². The monoisotopic (exact) mass is 225 g/mol. The highest BCUT2D eigenvalue weighted by Crippen LogP contribution is 2.12. The third-order valence-electron chi connectivity index (χ3n) is 2.01. The minimum Gasteiger partial charge on any atom is -0.491 e. The lowest BCUT2D eigenvalue weighted by molar-refractivity contribution is 0.0705. The van der Waals surface area contributed by atoms with Crippen molar-refractivity contribution < 1.29 is 14.6 Å². The van der Waals surface area contributed by atoms with Crippen LogP contribution in [-0.4, -0.2) is 38.6 Å². The molecule has 0 aliphatic rings. The van der Waals surface area contributed by atoms with Crippen LogP contribution in [0.5, 0.6) is 5.75 Å². The van der Waals surface area contributed by atoms with Gasteiger partial charge in [-0.25, -0.2) is 0 Å². The number of ether oxygens (including phenoxy) is 2. The summed E-state index contributed by atoms with van der Waals surface area (Å²) >= 11 is 0. The Morgan fingerprint density at radius 2 is 2.12 bits per heavy atom. The molecule has 0 aromatic heterocycles. The zero-order valence-corrected chi connectivity index (χ0v) is 9.61. The molecule has 0 unspecified atom stereocenters. The fourth-order valence-electron chi connectivity index (χ4n) is 1.33. The molecule has 16 heavy (non-hydrogen) atoms. The first-order chi connectivity index (χ1) is 7.86. The minimum atomic E-state index is 0.0532. The maximum Gasteiger partial charge on any atom is 0.119 e. The second kappa shape index (κ2) is 8.10. The van der Waals surface area contributed by atoms with Crippen molar-refractivity contribution in [1.29, 1.82) is 0 Å². The van der Waals surface area contributed by atoms with E-state index >= 15 is 0 Å². The lowest BCUT2D eigenvalue weighted by atomic mass is 10.2. The molecular formula is C12H19NO3. The van der Waals surface area contributed by atoms with Crippen LogP contribution >= 0.6 is 0 Å². The molecule has 0 fully saturated rings. The van der Waals surface area contributed by atoms with Gasteiger partial charge in [0.15, 0.2) is 0 Å². The summed E-state index contributed by atoms with van der Waals surface area (Å²) in [6, 6.07) is 7.94. The quantitative estimate of drug-likeness (QED) is 0.642.